The summed E-state index contributed by atoms with van der Waals surface area (Å²) in [5.41, 5.74) is 2.96. The van der Waals surface area contributed by atoms with E-state index in [-0.39, 0.29) is 17.7 Å². The molecule has 6 heteroatoms. The van der Waals surface area contributed by atoms with Gasteiger partial charge in [0, 0.05) is 31.2 Å². The third kappa shape index (κ3) is 6.65. The molecule has 2 aromatic rings. The Morgan fingerprint density at radius 1 is 0.969 bits per heavy atom. The second kappa shape index (κ2) is 11.2. The molecule has 0 aromatic heterocycles. The van der Waals surface area contributed by atoms with Crippen LogP contribution in [0.15, 0.2) is 54.6 Å². The highest BCUT2D eigenvalue weighted by molar-refractivity contribution is 5.96. The first-order valence-corrected chi connectivity index (χ1v) is 11.7. The molecule has 1 N–H and O–H groups in total. The van der Waals surface area contributed by atoms with Crippen LogP contribution in [0.1, 0.15) is 30.4 Å². The molecular weight excluding hydrogens is 402 g/mol. The van der Waals surface area contributed by atoms with Crippen LogP contribution in [0.25, 0.3) is 0 Å². The lowest BCUT2D eigenvalue weighted by Gasteiger charge is -2.26. The Morgan fingerprint density at radius 2 is 1.69 bits per heavy atom. The first-order chi connectivity index (χ1) is 15.7. The number of amides is 2. The van der Waals surface area contributed by atoms with Crippen molar-refractivity contribution in [3.63, 3.8) is 0 Å². The Hall–Kier alpha value is -2.70. The Balaban J connectivity index is 1.27. The van der Waals surface area contributed by atoms with Gasteiger partial charge in [-0.05, 0) is 49.1 Å². The molecule has 6 nitrogen and oxygen atoms in total. The molecule has 2 fully saturated rings. The van der Waals surface area contributed by atoms with Gasteiger partial charge in [0.1, 0.15) is 0 Å². The molecule has 0 spiro atoms. The van der Waals surface area contributed by atoms with Gasteiger partial charge in [-0.3, -0.25) is 14.5 Å². The molecule has 1 aliphatic heterocycles. The molecule has 0 atom stereocenters. The smallest absolute Gasteiger partial charge is 0.230 e. The maximum Gasteiger partial charge on any atom is 0.230 e. The number of carbonyl (C=O) groups is 2. The summed E-state index contributed by atoms with van der Waals surface area (Å²) in [6.07, 6.45) is 3.26. The predicted octanol–water partition coefficient (Wildman–Crippen LogP) is 3.01. The fourth-order valence-corrected chi connectivity index (χ4v) is 4.01. The van der Waals surface area contributed by atoms with Gasteiger partial charge in [-0.1, -0.05) is 42.5 Å². The van der Waals surface area contributed by atoms with E-state index in [1.165, 1.54) is 0 Å². The van der Waals surface area contributed by atoms with Gasteiger partial charge in [-0.25, -0.2) is 0 Å². The summed E-state index contributed by atoms with van der Waals surface area (Å²) in [7, 11) is 0. The van der Waals surface area contributed by atoms with E-state index in [4.69, 9.17) is 4.74 Å². The number of carbonyl (C=O) groups excluding carboxylic acids is 2. The van der Waals surface area contributed by atoms with E-state index >= 15 is 0 Å². The van der Waals surface area contributed by atoms with Gasteiger partial charge in [-0.15, -0.1) is 0 Å². The third-order valence-electron chi connectivity index (χ3n) is 6.07. The number of nitrogens with one attached hydrogen (secondary N) is 1. The van der Waals surface area contributed by atoms with Crippen molar-refractivity contribution < 1.29 is 14.3 Å². The van der Waals surface area contributed by atoms with Crippen molar-refractivity contribution in [3.8, 4) is 0 Å². The molecule has 1 heterocycles. The maximum atomic E-state index is 12.9. The van der Waals surface area contributed by atoms with Crippen LogP contribution in [0.2, 0.25) is 0 Å². The summed E-state index contributed by atoms with van der Waals surface area (Å²) < 4.78 is 5.36. The van der Waals surface area contributed by atoms with E-state index in [9.17, 15) is 9.59 Å². The van der Waals surface area contributed by atoms with Crippen LogP contribution in [0.5, 0.6) is 0 Å². The number of hydrogen-bond acceptors (Lipinski definition) is 4. The average Bonchev–Trinajstić information content (AvgIpc) is 3.68. The van der Waals surface area contributed by atoms with Crippen LogP contribution >= 0.6 is 0 Å². The van der Waals surface area contributed by atoms with Crippen molar-refractivity contribution >= 4 is 17.5 Å². The van der Waals surface area contributed by atoms with E-state index < -0.39 is 0 Å². The minimum atomic E-state index is 0.0370. The predicted molar refractivity (Wildman–Crippen MR) is 125 cm³/mol. The van der Waals surface area contributed by atoms with Crippen molar-refractivity contribution in [1.82, 2.24) is 10.2 Å². The molecule has 1 saturated carbocycles. The number of nitrogens with zero attached hydrogens (tertiary/aromatic N) is 2. The first-order valence-electron chi connectivity index (χ1n) is 11.7. The zero-order valence-corrected chi connectivity index (χ0v) is 18.7. The summed E-state index contributed by atoms with van der Waals surface area (Å²) >= 11 is 0. The zero-order chi connectivity index (χ0) is 22.2. The quantitative estimate of drug-likeness (QED) is 0.583. The Morgan fingerprint density at radius 3 is 2.38 bits per heavy atom. The van der Waals surface area contributed by atoms with Gasteiger partial charge >= 0.3 is 0 Å². The van der Waals surface area contributed by atoms with Crippen LogP contribution in [0.3, 0.4) is 0 Å². The van der Waals surface area contributed by atoms with Crippen LogP contribution < -0.4 is 10.2 Å². The highest BCUT2D eigenvalue weighted by atomic mass is 16.5. The molecule has 170 valence electrons. The largest absolute Gasteiger partial charge is 0.379 e. The minimum absolute atomic E-state index is 0.0370. The third-order valence-corrected chi connectivity index (χ3v) is 6.07. The van der Waals surface area contributed by atoms with Crippen molar-refractivity contribution in [1.29, 1.82) is 0 Å². The van der Waals surface area contributed by atoms with E-state index in [1.54, 1.807) is 0 Å². The van der Waals surface area contributed by atoms with Crippen LogP contribution in [0.4, 0.5) is 5.69 Å². The molecule has 32 heavy (non-hydrogen) atoms. The van der Waals surface area contributed by atoms with E-state index in [0.29, 0.717) is 19.5 Å². The van der Waals surface area contributed by atoms with Crippen molar-refractivity contribution in [2.75, 3.05) is 44.3 Å². The number of morpholine rings is 1. The Kier molecular flexibility index (Phi) is 7.91. The Bertz CT molecular complexity index is 875. The number of ether oxygens (including phenoxy) is 1. The topological polar surface area (TPSA) is 61.9 Å². The highest BCUT2D eigenvalue weighted by Crippen LogP contribution is 2.33. The molecule has 2 aromatic carbocycles. The highest BCUT2D eigenvalue weighted by Gasteiger charge is 2.34. The van der Waals surface area contributed by atoms with Gasteiger partial charge in [-0.2, -0.15) is 0 Å². The summed E-state index contributed by atoms with van der Waals surface area (Å²) in [6, 6.07) is 17.9. The summed E-state index contributed by atoms with van der Waals surface area (Å²) in [5.74, 6) is 0.385. The van der Waals surface area contributed by atoms with Crippen molar-refractivity contribution in [2.45, 2.75) is 32.2 Å². The lowest BCUT2D eigenvalue weighted by molar-refractivity contribution is -0.121. The number of benzene rings is 2. The fraction of sp³-hybridized carbons (Fsp3) is 0.462. The van der Waals surface area contributed by atoms with E-state index in [2.05, 4.69) is 10.2 Å². The number of anilines is 1. The molecule has 1 saturated heterocycles. The van der Waals surface area contributed by atoms with Gasteiger partial charge in [0.05, 0.1) is 26.2 Å². The lowest BCUT2D eigenvalue weighted by atomic mass is 10.1. The standard InChI is InChI=1S/C26H33N3O3/c30-25(27-13-4-14-28-15-17-32-18-16-28)19-21-7-11-24(12-8-21)29(26(31)23-9-10-23)20-22-5-2-1-3-6-22/h1-3,5-8,11-12,23H,4,9-10,13-20H2,(H,27,30). The summed E-state index contributed by atoms with van der Waals surface area (Å²) in [5, 5.41) is 3.02. The van der Waals surface area contributed by atoms with Gasteiger partial charge in [0.15, 0.2) is 0 Å². The number of rotatable bonds is 10. The summed E-state index contributed by atoms with van der Waals surface area (Å²) in [4.78, 5) is 29.5. The van der Waals surface area contributed by atoms with Crippen molar-refractivity contribution in [3.05, 3.63) is 65.7 Å². The fourth-order valence-electron chi connectivity index (χ4n) is 4.01. The molecule has 4 rings (SSSR count). The van der Waals surface area contributed by atoms with E-state index in [0.717, 1.165) is 68.9 Å². The molecule has 2 amide bonds. The minimum Gasteiger partial charge on any atom is -0.379 e. The van der Waals surface area contributed by atoms with Gasteiger partial charge in [0.2, 0.25) is 11.8 Å². The maximum absolute atomic E-state index is 12.9. The second-order valence-corrected chi connectivity index (χ2v) is 8.68. The Labute approximate surface area is 190 Å². The van der Waals surface area contributed by atoms with Gasteiger partial charge in [0.25, 0.3) is 0 Å². The monoisotopic (exact) mass is 435 g/mol. The molecule has 0 radical (unpaired) electrons. The number of hydrogen-bond donors (Lipinski definition) is 1. The van der Waals surface area contributed by atoms with Crippen molar-refractivity contribution in [2.24, 2.45) is 5.92 Å². The summed E-state index contributed by atoms with van der Waals surface area (Å²) in [6.45, 7) is 5.81. The first kappa shape index (κ1) is 22.5. The molecule has 2 aliphatic rings. The molecule has 0 bridgehead atoms. The van der Waals surface area contributed by atoms with Crippen LogP contribution in [-0.4, -0.2) is 56.1 Å². The molecular formula is C26H33N3O3. The second-order valence-electron chi connectivity index (χ2n) is 8.68. The van der Waals surface area contributed by atoms with E-state index in [1.807, 2.05) is 59.5 Å². The van der Waals surface area contributed by atoms with Crippen LogP contribution in [-0.2, 0) is 27.3 Å². The normalized spacial score (nSPS) is 16.5. The SMILES string of the molecule is O=C(Cc1ccc(N(Cc2ccccc2)C(=O)C2CC2)cc1)NCCCN1CCOCC1. The zero-order valence-electron chi connectivity index (χ0n) is 18.7. The molecule has 0 unspecified atom stereocenters. The van der Waals surface area contributed by atoms with Gasteiger partial charge < -0.3 is 15.0 Å². The average molecular weight is 436 g/mol. The lowest BCUT2D eigenvalue weighted by Crippen LogP contribution is -2.38. The molecule has 1 aliphatic carbocycles. The van der Waals surface area contributed by atoms with Crippen LogP contribution in [0, 0.1) is 5.92 Å².